The van der Waals surface area contributed by atoms with Gasteiger partial charge in [0, 0.05) is 24.7 Å². The number of benzene rings is 1. The van der Waals surface area contributed by atoms with Crippen molar-refractivity contribution in [2.45, 2.75) is 51.7 Å². The van der Waals surface area contributed by atoms with Crippen LogP contribution in [0.4, 0.5) is 9.18 Å². The molecule has 0 spiro atoms. The van der Waals surface area contributed by atoms with Gasteiger partial charge in [-0.3, -0.25) is 4.79 Å². The quantitative estimate of drug-likeness (QED) is 0.444. The predicted octanol–water partition coefficient (Wildman–Crippen LogP) is 3.32. The number of piperidine rings is 1. The third-order valence-corrected chi connectivity index (χ3v) is 6.76. The number of aromatic amines is 1. The molecule has 2 amide bonds. The highest BCUT2D eigenvalue weighted by Crippen LogP contribution is 2.38. The Labute approximate surface area is 213 Å². The van der Waals surface area contributed by atoms with Gasteiger partial charge in [-0.25, -0.2) is 19.2 Å². The summed E-state index contributed by atoms with van der Waals surface area (Å²) in [5.41, 5.74) is 2.41. The molecule has 1 aliphatic carbocycles. The Morgan fingerprint density at radius 3 is 2.70 bits per heavy atom. The van der Waals surface area contributed by atoms with Crippen LogP contribution in [0.15, 0.2) is 24.5 Å². The highest BCUT2D eigenvalue weighted by molar-refractivity contribution is 5.96. The van der Waals surface area contributed by atoms with E-state index in [0.717, 1.165) is 12.8 Å². The third-order valence-electron chi connectivity index (χ3n) is 6.76. The molecule has 0 radical (unpaired) electrons. The molecule has 0 bridgehead atoms. The summed E-state index contributed by atoms with van der Waals surface area (Å²) in [5.74, 6) is 0.586. The average Bonchev–Trinajstić information content (AvgIpc) is 3.66. The molecule has 1 saturated heterocycles. The molecule has 1 aromatic carbocycles. The standard InChI is InChI=1S/C26H30FN5O5/c1-14-24(37-26(35)31-18-7-9-32(10-8-18)25(34)15(2)33)23-22(30-14)21(28-13-29-23)19-11-17(27)5-6-20(19)36-12-16-3-4-16/h5-6,11,13,15-16,18,30,33H,3-4,7-10,12H2,1-2H3,(H,31,35)/t15-/m0/s1. The van der Waals surface area contributed by atoms with Crippen molar-refractivity contribution in [2.75, 3.05) is 19.7 Å². The molecule has 1 atom stereocenters. The molecule has 10 nitrogen and oxygen atoms in total. The highest BCUT2D eigenvalue weighted by atomic mass is 19.1. The number of aryl methyl sites for hydroxylation is 1. The normalized spacial score (nSPS) is 17.0. The molecule has 1 aliphatic heterocycles. The predicted molar refractivity (Wildman–Crippen MR) is 133 cm³/mol. The molecular formula is C26H30FN5O5. The Balaban J connectivity index is 1.32. The second-order valence-corrected chi connectivity index (χ2v) is 9.73. The Hall–Kier alpha value is -3.73. The summed E-state index contributed by atoms with van der Waals surface area (Å²) in [6.07, 6.45) is 3.03. The van der Waals surface area contributed by atoms with E-state index in [1.165, 1.54) is 25.4 Å². The fourth-order valence-electron chi connectivity index (χ4n) is 4.53. The van der Waals surface area contributed by atoms with Crippen LogP contribution in [-0.4, -0.2) is 68.8 Å². The topological polar surface area (TPSA) is 130 Å². The van der Waals surface area contributed by atoms with Gasteiger partial charge in [-0.15, -0.1) is 0 Å². The molecule has 3 N–H and O–H groups in total. The van der Waals surface area contributed by atoms with E-state index in [-0.39, 0.29) is 17.7 Å². The summed E-state index contributed by atoms with van der Waals surface area (Å²) >= 11 is 0. The Bertz CT molecular complexity index is 1310. The molecule has 3 heterocycles. The largest absolute Gasteiger partial charge is 0.493 e. The lowest BCUT2D eigenvalue weighted by molar-refractivity contribution is -0.140. The van der Waals surface area contributed by atoms with Crippen LogP contribution in [0.25, 0.3) is 22.3 Å². The number of H-pyrrole nitrogens is 1. The summed E-state index contributed by atoms with van der Waals surface area (Å²) in [5, 5.41) is 12.3. The number of amides is 2. The second-order valence-electron chi connectivity index (χ2n) is 9.73. The van der Waals surface area contributed by atoms with E-state index in [9.17, 15) is 19.1 Å². The number of nitrogens with one attached hydrogen (secondary N) is 2. The smallest absolute Gasteiger partial charge is 0.412 e. The molecular weight excluding hydrogens is 481 g/mol. The lowest BCUT2D eigenvalue weighted by Gasteiger charge is -2.32. The first kappa shape index (κ1) is 24.9. The Morgan fingerprint density at radius 1 is 1.24 bits per heavy atom. The number of aliphatic hydroxyl groups is 1. The fraction of sp³-hybridized carbons (Fsp3) is 0.462. The van der Waals surface area contributed by atoms with Gasteiger partial charge in [-0.1, -0.05) is 0 Å². The van der Waals surface area contributed by atoms with Crippen molar-refractivity contribution in [1.29, 1.82) is 0 Å². The van der Waals surface area contributed by atoms with Crippen molar-refractivity contribution < 1.29 is 28.6 Å². The average molecular weight is 512 g/mol. The molecule has 1 saturated carbocycles. The van der Waals surface area contributed by atoms with Crippen LogP contribution in [0.5, 0.6) is 11.5 Å². The zero-order valence-electron chi connectivity index (χ0n) is 20.8. The van der Waals surface area contributed by atoms with Crippen molar-refractivity contribution in [1.82, 2.24) is 25.2 Å². The molecule has 3 aromatic rings. The van der Waals surface area contributed by atoms with Gasteiger partial charge < -0.3 is 29.8 Å². The molecule has 37 heavy (non-hydrogen) atoms. The summed E-state index contributed by atoms with van der Waals surface area (Å²) < 4.78 is 25.8. The first-order chi connectivity index (χ1) is 17.8. The van der Waals surface area contributed by atoms with Gasteiger partial charge in [0.05, 0.1) is 17.8 Å². The number of aromatic nitrogens is 3. The maximum absolute atomic E-state index is 14.2. The maximum atomic E-state index is 14.2. The van der Waals surface area contributed by atoms with E-state index >= 15 is 0 Å². The van der Waals surface area contributed by atoms with Crippen molar-refractivity contribution in [3.05, 3.63) is 36.0 Å². The van der Waals surface area contributed by atoms with Gasteiger partial charge in [0.1, 0.15) is 35.2 Å². The highest BCUT2D eigenvalue weighted by Gasteiger charge is 2.28. The SMILES string of the molecule is Cc1[nH]c2c(-c3cc(F)ccc3OCC3CC3)ncnc2c1OC(=O)NC1CCN(C(=O)[C@H](C)O)CC1. The van der Waals surface area contributed by atoms with Crippen molar-refractivity contribution in [3.8, 4) is 22.8 Å². The van der Waals surface area contributed by atoms with Gasteiger partial charge in [-0.05, 0) is 63.6 Å². The number of halogens is 1. The Kier molecular flexibility index (Phi) is 6.96. The van der Waals surface area contributed by atoms with Crippen molar-refractivity contribution in [2.24, 2.45) is 5.92 Å². The molecule has 0 unspecified atom stereocenters. The van der Waals surface area contributed by atoms with Gasteiger partial charge in [-0.2, -0.15) is 0 Å². The number of nitrogens with zero attached hydrogens (tertiary/aromatic N) is 3. The minimum atomic E-state index is -1.04. The van der Waals surface area contributed by atoms with Crippen LogP contribution in [0.3, 0.4) is 0 Å². The molecule has 2 aliphatic rings. The molecule has 2 fully saturated rings. The molecule has 196 valence electrons. The first-order valence-electron chi connectivity index (χ1n) is 12.5. The van der Waals surface area contributed by atoms with Gasteiger partial charge in [0.2, 0.25) is 0 Å². The number of rotatable bonds is 7. The van der Waals surface area contributed by atoms with Gasteiger partial charge >= 0.3 is 6.09 Å². The summed E-state index contributed by atoms with van der Waals surface area (Å²) in [6, 6.07) is 4.16. The number of hydrogen-bond donors (Lipinski definition) is 3. The molecule has 5 rings (SSSR count). The number of likely N-dealkylation sites (tertiary alicyclic amines) is 1. The number of ether oxygens (including phenoxy) is 2. The van der Waals surface area contributed by atoms with E-state index in [2.05, 4.69) is 20.3 Å². The monoisotopic (exact) mass is 511 g/mol. The van der Waals surface area contributed by atoms with Crippen LogP contribution in [0.2, 0.25) is 0 Å². The van der Waals surface area contributed by atoms with Crippen LogP contribution in [-0.2, 0) is 4.79 Å². The minimum Gasteiger partial charge on any atom is -0.493 e. The number of hydrogen-bond acceptors (Lipinski definition) is 7. The molecule has 11 heteroatoms. The number of fused-ring (bicyclic) bond motifs is 1. The Morgan fingerprint density at radius 2 is 2.00 bits per heavy atom. The van der Waals surface area contributed by atoms with Gasteiger partial charge in [0.15, 0.2) is 5.75 Å². The summed E-state index contributed by atoms with van der Waals surface area (Å²) in [7, 11) is 0. The van der Waals surface area contributed by atoms with Crippen molar-refractivity contribution >= 4 is 23.0 Å². The number of carbonyl (C=O) groups is 2. The van der Waals surface area contributed by atoms with Crippen LogP contribution in [0.1, 0.15) is 38.3 Å². The van der Waals surface area contributed by atoms with Crippen LogP contribution < -0.4 is 14.8 Å². The van der Waals surface area contributed by atoms with Crippen LogP contribution in [0, 0.1) is 18.7 Å². The van der Waals surface area contributed by atoms with Crippen molar-refractivity contribution in [3.63, 3.8) is 0 Å². The third kappa shape index (κ3) is 5.51. The summed E-state index contributed by atoms with van der Waals surface area (Å²) in [6.45, 7) is 4.65. The van der Waals surface area contributed by atoms with Crippen LogP contribution >= 0.6 is 0 Å². The van der Waals surface area contributed by atoms with Gasteiger partial charge in [0.25, 0.3) is 5.91 Å². The maximum Gasteiger partial charge on any atom is 0.412 e. The van der Waals surface area contributed by atoms with E-state index in [1.807, 2.05) is 0 Å². The zero-order chi connectivity index (χ0) is 26.1. The van der Waals surface area contributed by atoms with E-state index in [4.69, 9.17) is 9.47 Å². The summed E-state index contributed by atoms with van der Waals surface area (Å²) in [4.78, 5) is 38.2. The van der Waals surface area contributed by atoms with E-state index in [0.29, 0.717) is 72.2 Å². The minimum absolute atomic E-state index is 0.167. The number of carbonyl (C=O) groups excluding carboxylic acids is 2. The fourth-order valence-corrected chi connectivity index (χ4v) is 4.53. The van der Waals surface area contributed by atoms with E-state index < -0.39 is 18.0 Å². The number of aliphatic hydroxyl groups excluding tert-OH is 1. The molecule has 2 aromatic heterocycles. The first-order valence-corrected chi connectivity index (χ1v) is 12.5. The lowest BCUT2D eigenvalue weighted by atomic mass is 10.0. The van der Waals surface area contributed by atoms with E-state index in [1.54, 1.807) is 17.9 Å². The second kappa shape index (κ2) is 10.3. The zero-order valence-corrected chi connectivity index (χ0v) is 20.8. The lowest BCUT2D eigenvalue weighted by Crippen LogP contribution is -2.49.